The van der Waals surface area contributed by atoms with Gasteiger partial charge in [0, 0.05) is 18.3 Å². The Morgan fingerprint density at radius 1 is 1.37 bits per heavy atom. The summed E-state index contributed by atoms with van der Waals surface area (Å²) in [5, 5.41) is 13.4. The Bertz CT molecular complexity index is 417. The molecule has 0 saturated heterocycles. The Balaban J connectivity index is 1.97. The highest BCUT2D eigenvalue weighted by atomic mass is 16.5. The van der Waals surface area contributed by atoms with Crippen molar-refractivity contribution in [1.29, 1.82) is 0 Å². The summed E-state index contributed by atoms with van der Waals surface area (Å²) in [5.74, 6) is 1.13. The molecule has 1 heterocycles. The Morgan fingerprint density at radius 2 is 2.11 bits per heavy atom. The van der Waals surface area contributed by atoms with Crippen molar-refractivity contribution in [3.05, 3.63) is 11.8 Å². The predicted octanol–water partition coefficient (Wildman–Crippen LogP) is 2.29. The van der Waals surface area contributed by atoms with E-state index in [9.17, 15) is 5.11 Å². The summed E-state index contributed by atoms with van der Waals surface area (Å²) in [4.78, 5) is 8.63. The average molecular weight is 265 g/mol. The Labute approximate surface area is 114 Å². The molecule has 0 bridgehead atoms. The van der Waals surface area contributed by atoms with Gasteiger partial charge in [0.05, 0.1) is 12.2 Å². The van der Waals surface area contributed by atoms with Crippen molar-refractivity contribution in [2.24, 2.45) is 0 Å². The van der Waals surface area contributed by atoms with E-state index in [1.165, 1.54) is 0 Å². The van der Waals surface area contributed by atoms with Gasteiger partial charge < -0.3 is 15.2 Å². The summed E-state index contributed by atoms with van der Waals surface area (Å²) in [6.07, 6.45) is 4.84. The topological polar surface area (TPSA) is 67.3 Å². The van der Waals surface area contributed by atoms with Gasteiger partial charge in [-0.25, -0.2) is 4.98 Å². The number of nitrogens with zero attached hydrogens (tertiary/aromatic N) is 2. The molecule has 0 amide bonds. The summed E-state index contributed by atoms with van der Waals surface area (Å²) in [6, 6.07) is 1.82. The molecule has 5 heteroatoms. The monoisotopic (exact) mass is 265 g/mol. The van der Waals surface area contributed by atoms with E-state index in [1.54, 1.807) is 0 Å². The molecule has 0 atom stereocenters. The van der Waals surface area contributed by atoms with Crippen molar-refractivity contribution in [2.75, 3.05) is 18.5 Å². The first-order chi connectivity index (χ1) is 9.11. The number of nitrogens with one attached hydrogen (secondary N) is 1. The minimum Gasteiger partial charge on any atom is -0.478 e. The first-order valence-electron chi connectivity index (χ1n) is 7.06. The first-order valence-corrected chi connectivity index (χ1v) is 7.06. The van der Waals surface area contributed by atoms with Crippen LogP contribution in [0.4, 0.5) is 5.95 Å². The molecule has 19 heavy (non-hydrogen) atoms. The number of hydrogen-bond donors (Lipinski definition) is 2. The standard InChI is InChI=1S/C14H23N3O2/c1-3-8-19-12-9-11(2)16-13(17-12)15-10-14(18)6-4-5-7-14/h9,18H,3-8,10H2,1-2H3,(H,15,16,17). The molecular weight excluding hydrogens is 242 g/mol. The molecule has 0 aromatic carbocycles. The third kappa shape index (κ3) is 4.06. The molecule has 0 aliphatic heterocycles. The molecule has 1 aromatic rings. The number of aryl methyl sites for hydroxylation is 1. The zero-order chi connectivity index (χ0) is 13.7. The number of aromatic nitrogens is 2. The van der Waals surface area contributed by atoms with Gasteiger partial charge in [0.1, 0.15) is 0 Å². The van der Waals surface area contributed by atoms with Crippen LogP contribution in [-0.4, -0.2) is 33.8 Å². The fourth-order valence-electron chi connectivity index (χ4n) is 2.35. The van der Waals surface area contributed by atoms with Crippen LogP contribution in [0.3, 0.4) is 0 Å². The molecule has 2 rings (SSSR count). The van der Waals surface area contributed by atoms with E-state index in [0.29, 0.717) is 25.0 Å². The molecule has 0 radical (unpaired) electrons. The number of ether oxygens (including phenoxy) is 1. The van der Waals surface area contributed by atoms with Crippen LogP contribution < -0.4 is 10.1 Å². The summed E-state index contributed by atoms with van der Waals surface area (Å²) in [5.41, 5.74) is 0.263. The quantitative estimate of drug-likeness (QED) is 0.826. The van der Waals surface area contributed by atoms with Crippen LogP contribution in [0, 0.1) is 6.92 Å². The highest BCUT2D eigenvalue weighted by Gasteiger charge is 2.30. The van der Waals surface area contributed by atoms with E-state index in [1.807, 2.05) is 13.0 Å². The van der Waals surface area contributed by atoms with E-state index in [-0.39, 0.29) is 0 Å². The molecule has 0 spiro atoms. The maximum Gasteiger partial charge on any atom is 0.226 e. The minimum atomic E-state index is -0.600. The molecular formula is C14H23N3O2. The molecule has 1 aliphatic carbocycles. The molecule has 1 aromatic heterocycles. The molecule has 1 saturated carbocycles. The van der Waals surface area contributed by atoms with Crippen LogP contribution in [0.5, 0.6) is 5.88 Å². The second-order valence-electron chi connectivity index (χ2n) is 5.30. The number of anilines is 1. The van der Waals surface area contributed by atoms with Gasteiger partial charge in [-0.05, 0) is 26.2 Å². The van der Waals surface area contributed by atoms with Gasteiger partial charge in [-0.2, -0.15) is 4.98 Å². The fraction of sp³-hybridized carbons (Fsp3) is 0.714. The Morgan fingerprint density at radius 3 is 2.79 bits per heavy atom. The number of aliphatic hydroxyl groups is 1. The molecule has 1 fully saturated rings. The lowest BCUT2D eigenvalue weighted by atomic mass is 10.0. The predicted molar refractivity (Wildman–Crippen MR) is 74.5 cm³/mol. The Kier molecular flexibility index (Phi) is 4.58. The molecule has 0 unspecified atom stereocenters. The van der Waals surface area contributed by atoms with Crippen LogP contribution in [0.2, 0.25) is 0 Å². The summed E-state index contributed by atoms with van der Waals surface area (Å²) < 4.78 is 5.52. The minimum absolute atomic E-state index is 0.504. The van der Waals surface area contributed by atoms with Gasteiger partial charge in [0.25, 0.3) is 0 Å². The second kappa shape index (κ2) is 6.19. The van der Waals surface area contributed by atoms with Crippen LogP contribution >= 0.6 is 0 Å². The molecule has 1 aliphatic rings. The van der Waals surface area contributed by atoms with Gasteiger partial charge in [-0.3, -0.25) is 0 Å². The second-order valence-corrected chi connectivity index (χ2v) is 5.30. The third-order valence-corrected chi connectivity index (χ3v) is 3.39. The van der Waals surface area contributed by atoms with Crippen LogP contribution in [-0.2, 0) is 0 Å². The van der Waals surface area contributed by atoms with Gasteiger partial charge in [-0.15, -0.1) is 0 Å². The zero-order valence-electron chi connectivity index (χ0n) is 11.8. The van der Waals surface area contributed by atoms with E-state index in [2.05, 4.69) is 22.2 Å². The summed E-state index contributed by atoms with van der Waals surface area (Å²) in [7, 11) is 0. The van der Waals surface area contributed by atoms with E-state index in [0.717, 1.165) is 37.8 Å². The van der Waals surface area contributed by atoms with Gasteiger partial charge in [0.15, 0.2) is 0 Å². The van der Waals surface area contributed by atoms with E-state index in [4.69, 9.17) is 4.74 Å². The van der Waals surface area contributed by atoms with E-state index >= 15 is 0 Å². The van der Waals surface area contributed by atoms with Crippen molar-refractivity contribution in [3.8, 4) is 5.88 Å². The maximum absolute atomic E-state index is 10.3. The van der Waals surface area contributed by atoms with Crippen LogP contribution in [0.15, 0.2) is 6.07 Å². The van der Waals surface area contributed by atoms with Crippen LogP contribution in [0.1, 0.15) is 44.7 Å². The average Bonchev–Trinajstić information content (AvgIpc) is 2.81. The molecule has 2 N–H and O–H groups in total. The summed E-state index contributed by atoms with van der Waals surface area (Å²) >= 11 is 0. The first kappa shape index (κ1) is 14.1. The van der Waals surface area contributed by atoms with Crippen molar-refractivity contribution < 1.29 is 9.84 Å². The summed E-state index contributed by atoms with van der Waals surface area (Å²) in [6.45, 7) is 5.13. The van der Waals surface area contributed by atoms with Crippen molar-refractivity contribution in [1.82, 2.24) is 9.97 Å². The van der Waals surface area contributed by atoms with E-state index < -0.39 is 5.60 Å². The lowest BCUT2D eigenvalue weighted by molar-refractivity contribution is 0.0612. The SMILES string of the molecule is CCCOc1cc(C)nc(NCC2(O)CCCC2)n1. The highest BCUT2D eigenvalue weighted by Crippen LogP contribution is 2.29. The molecule has 106 valence electrons. The van der Waals surface area contributed by atoms with Gasteiger partial charge in [-0.1, -0.05) is 19.8 Å². The largest absolute Gasteiger partial charge is 0.478 e. The fourth-order valence-corrected chi connectivity index (χ4v) is 2.35. The number of rotatable bonds is 6. The zero-order valence-corrected chi connectivity index (χ0v) is 11.8. The normalized spacial score (nSPS) is 17.4. The maximum atomic E-state index is 10.3. The Hall–Kier alpha value is -1.36. The van der Waals surface area contributed by atoms with Crippen molar-refractivity contribution in [2.45, 2.75) is 51.6 Å². The molecule has 5 nitrogen and oxygen atoms in total. The van der Waals surface area contributed by atoms with Gasteiger partial charge >= 0.3 is 0 Å². The smallest absolute Gasteiger partial charge is 0.226 e. The lowest BCUT2D eigenvalue weighted by Crippen LogP contribution is -2.34. The van der Waals surface area contributed by atoms with Crippen molar-refractivity contribution >= 4 is 5.95 Å². The van der Waals surface area contributed by atoms with Gasteiger partial charge in [0.2, 0.25) is 11.8 Å². The lowest BCUT2D eigenvalue weighted by Gasteiger charge is -2.22. The highest BCUT2D eigenvalue weighted by molar-refractivity contribution is 5.31. The number of hydrogen-bond acceptors (Lipinski definition) is 5. The van der Waals surface area contributed by atoms with Crippen LogP contribution in [0.25, 0.3) is 0 Å². The van der Waals surface area contributed by atoms with Crippen molar-refractivity contribution in [3.63, 3.8) is 0 Å². The third-order valence-electron chi connectivity index (χ3n) is 3.39.